The summed E-state index contributed by atoms with van der Waals surface area (Å²) in [5, 5.41) is 4.28. The van der Waals surface area contributed by atoms with Crippen molar-refractivity contribution in [2.45, 2.75) is 6.92 Å². The highest BCUT2D eigenvalue weighted by Crippen LogP contribution is 2.13. The van der Waals surface area contributed by atoms with Crippen molar-refractivity contribution in [3.05, 3.63) is 86.4 Å². The summed E-state index contributed by atoms with van der Waals surface area (Å²) in [4.78, 5) is 28.5. The van der Waals surface area contributed by atoms with Gasteiger partial charge in [0, 0.05) is 6.92 Å². The van der Waals surface area contributed by atoms with E-state index in [0.29, 0.717) is 21.1 Å². The fraction of sp³-hybridized carbons (Fsp3) is 0.0476. The number of carbonyl (C=O) groups is 1. The van der Waals surface area contributed by atoms with Crippen molar-refractivity contribution in [3.63, 3.8) is 0 Å². The van der Waals surface area contributed by atoms with Gasteiger partial charge in [-0.3, -0.25) is 9.59 Å². The molecule has 0 radical (unpaired) electrons. The van der Waals surface area contributed by atoms with E-state index in [2.05, 4.69) is 10.1 Å². The Bertz CT molecular complexity index is 1270. The van der Waals surface area contributed by atoms with Crippen LogP contribution in [0.25, 0.3) is 23.2 Å². The second kappa shape index (κ2) is 7.58. The van der Waals surface area contributed by atoms with Gasteiger partial charge in [-0.2, -0.15) is 9.50 Å². The van der Waals surface area contributed by atoms with Crippen LogP contribution in [0.1, 0.15) is 23.9 Å². The van der Waals surface area contributed by atoms with E-state index in [9.17, 15) is 9.59 Å². The fourth-order valence-corrected chi connectivity index (χ4v) is 3.52. The normalized spacial score (nSPS) is 12.1. The number of ether oxygens (including phenoxy) is 1. The van der Waals surface area contributed by atoms with E-state index in [1.807, 2.05) is 36.4 Å². The summed E-state index contributed by atoms with van der Waals surface area (Å²) in [6.07, 6.45) is 5.45. The minimum Gasteiger partial charge on any atom is -0.427 e. The van der Waals surface area contributed by atoms with Gasteiger partial charge < -0.3 is 4.74 Å². The minimum atomic E-state index is -0.374. The molecule has 2 aromatic carbocycles. The molecule has 0 saturated carbocycles. The van der Waals surface area contributed by atoms with E-state index in [0.717, 1.165) is 11.1 Å². The molecule has 0 fully saturated rings. The smallest absolute Gasteiger partial charge is 0.308 e. The molecule has 0 atom stereocenters. The third kappa shape index (κ3) is 3.89. The average Bonchev–Trinajstić information content (AvgIpc) is 3.21. The van der Waals surface area contributed by atoms with E-state index in [4.69, 9.17) is 4.74 Å². The van der Waals surface area contributed by atoms with Crippen molar-refractivity contribution < 1.29 is 9.53 Å². The van der Waals surface area contributed by atoms with Gasteiger partial charge in [-0.05, 0) is 35.4 Å². The molecule has 6 nitrogen and oxygen atoms in total. The Morgan fingerprint density at radius 3 is 2.46 bits per heavy atom. The second-order valence-corrected chi connectivity index (χ2v) is 7.00. The number of hydrogen-bond acceptors (Lipinski definition) is 6. The van der Waals surface area contributed by atoms with Gasteiger partial charge in [0.05, 0.1) is 4.53 Å². The predicted octanol–water partition coefficient (Wildman–Crippen LogP) is 2.79. The predicted molar refractivity (Wildman–Crippen MR) is 109 cm³/mol. The molecule has 0 unspecified atom stereocenters. The van der Waals surface area contributed by atoms with Crippen molar-refractivity contribution in [3.8, 4) is 5.75 Å². The van der Waals surface area contributed by atoms with Gasteiger partial charge in [0.15, 0.2) is 5.82 Å². The van der Waals surface area contributed by atoms with Crippen molar-refractivity contribution in [1.29, 1.82) is 0 Å². The van der Waals surface area contributed by atoms with Crippen molar-refractivity contribution in [2.24, 2.45) is 0 Å². The summed E-state index contributed by atoms with van der Waals surface area (Å²) in [5.41, 5.74) is 1.65. The summed E-state index contributed by atoms with van der Waals surface area (Å²) >= 11 is 1.28. The summed E-state index contributed by atoms with van der Waals surface area (Å²) in [7, 11) is 0. The zero-order valence-electron chi connectivity index (χ0n) is 14.9. The van der Waals surface area contributed by atoms with Crippen molar-refractivity contribution in [1.82, 2.24) is 14.6 Å². The van der Waals surface area contributed by atoms with Crippen LogP contribution in [0.2, 0.25) is 0 Å². The van der Waals surface area contributed by atoms with Gasteiger partial charge in [-0.25, -0.2) is 0 Å². The van der Waals surface area contributed by atoms with Gasteiger partial charge >= 0.3 is 5.97 Å². The number of benzene rings is 2. The number of rotatable bonds is 4. The lowest BCUT2D eigenvalue weighted by molar-refractivity contribution is -0.131. The van der Waals surface area contributed by atoms with Crippen LogP contribution in [0.15, 0.2) is 59.4 Å². The number of nitrogens with zero attached hydrogens (tertiary/aromatic N) is 3. The molecule has 0 aliphatic carbocycles. The number of esters is 1. The zero-order chi connectivity index (χ0) is 19.5. The van der Waals surface area contributed by atoms with Crippen molar-refractivity contribution in [2.75, 3.05) is 0 Å². The Morgan fingerprint density at radius 1 is 1.04 bits per heavy atom. The molecule has 0 saturated heterocycles. The summed E-state index contributed by atoms with van der Waals surface area (Å²) in [6.45, 7) is 1.35. The van der Waals surface area contributed by atoms with Crippen LogP contribution in [0.3, 0.4) is 0 Å². The summed E-state index contributed by atoms with van der Waals surface area (Å²) < 4.78 is 6.85. The maximum atomic E-state index is 12.6. The van der Waals surface area contributed by atoms with Crippen LogP contribution in [-0.4, -0.2) is 20.6 Å². The molecule has 0 spiro atoms. The maximum Gasteiger partial charge on any atom is 0.308 e. The first-order valence-corrected chi connectivity index (χ1v) is 9.33. The topological polar surface area (TPSA) is 73.6 Å². The Kier molecular flexibility index (Phi) is 4.82. The molecule has 2 aromatic heterocycles. The standard InChI is InChI=1S/C21H15N3O3S/c1-14(25)27-17-10-7-16(8-11-17)13-18-20(26)24-21(28-18)22-19(23-24)12-9-15-5-3-2-4-6-15/h2-13H,1H3/b12-9+,18-13+. The van der Waals surface area contributed by atoms with Crippen molar-refractivity contribution >= 4 is 40.5 Å². The second-order valence-electron chi connectivity index (χ2n) is 5.99. The molecule has 4 rings (SSSR count). The summed E-state index contributed by atoms with van der Waals surface area (Å²) in [6, 6.07) is 16.7. The highest BCUT2D eigenvalue weighted by Gasteiger charge is 2.09. The summed E-state index contributed by atoms with van der Waals surface area (Å²) in [5.74, 6) is 0.579. The van der Waals surface area contributed by atoms with Crippen LogP contribution in [0.5, 0.6) is 5.75 Å². The Hall–Kier alpha value is -3.58. The lowest BCUT2D eigenvalue weighted by atomic mass is 10.2. The van der Waals surface area contributed by atoms with E-state index in [1.54, 1.807) is 36.4 Å². The minimum absolute atomic E-state index is 0.212. The highest BCUT2D eigenvalue weighted by molar-refractivity contribution is 7.15. The quantitative estimate of drug-likeness (QED) is 0.396. The van der Waals surface area contributed by atoms with E-state index >= 15 is 0 Å². The number of hydrogen-bond donors (Lipinski definition) is 0. The molecule has 0 amide bonds. The molecular weight excluding hydrogens is 374 g/mol. The number of aromatic nitrogens is 3. The third-order valence-electron chi connectivity index (χ3n) is 3.86. The molecule has 2 heterocycles. The highest BCUT2D eigenvalue weighted by atomic mass is 32.1. The largest absolute Gasteiger partial charge is 0.427 e. The van der Waals surface area contributed by atoms with E-state index < -0.39 is 0 Å². The average molecular weight is 389 g/mol. The monoisotopic (exact) mass is 389 g/mol. The van der Waals surface area contributed by atoms with E-state index in [-0.39, 0.29) is 11.5 Å². The fourth-order valence-electron chi connectivity index (χ4n) is 2.60. The molecule has 4 aromatic rings. The molecule has 7 heteroatoms. The van der Waals surface area contributed by atoms with Gasteiger partial charge in [0.25, 0.3) is 5.56 Å². The number of thiazole rings is 1. The van der Waals surface area contributed by atoms with Crippen LogP contribution < -0.4 is 14.8 Å². The first-order chi connectivity index (χ1) is 13.6. The maximum absolute atomic E-state index is 12.6. The van der Waals surface area contributed by atoms with Crippen LogP contribution >= 0.6 is 11.3 Å². The Morgan fingerprint density at radius 2 is 1.79 bits per heavy atom. The molecule has 0 aliphatic heterocycles. The lowest BCUT2D eigenvalue weighted by Gasteiger charge is -2.00. The zero-order valence-corrected chi connectivity index (χ0v) is 15.7. The van der Waals surface area contributed by atoms with Gasteiger partial charge in [-0.15, -0.1) is 5.10 Å². The molecule has 0 aliphatic rings. The van der Waals surface area contributed by atoms with Gasteiger partial charge in [-0.1, -0.05) is 59.9 Å². The first kappa shape index (κ1) is 17.8. The SMILES string of the molecule is CC(=O)Oc1ccc(/C=c2/sc3nc(/C=C/c4ccccc4)nn3c2=O)cc1. The third-order valence-corrected chi connectivity index (χ3v) is 4.82. The molecule has 0 N–H and O–H groups in total. The van der Waals surface area contributed by atoms with Crippen LogP contribution in [0.4, 0.5) is 0 Å². The van der Waals surface area contributed by atoms with E-state index in [1.165, 1.54) is 22.8 Å². The number of fused-ring (bicyclic) bond motifs is 1. The first-order valence-electron chi connectivity index (χ1n) is 8.51. The molecule has 28 heavy (non-hydrogen) atoms. The Labute approximate surface area is 164 Å². The van der Waals surface area contributed by atoms with Crippen LogP contribution in [0, 0.1) is 0 Å². The lowest BCUT2D eigenvalue weighted by Crippen LogP contribution is -2.23. The number of carbonyl (C=O) groups excluding carboxylic acids is 1. The van der Waals surface area contributed by atoms with Crippen LogP contribution in [-0.2, 0) is 4.79 Å². The van der Waals surface area contributed by atoms with Gasteiger partial charge in [0.1, 0.15) is 5.75 Å². The Balaban J connectivity index is 1.61. The molecule has 138 valence electrons. The van der Waals surface area contributed by atoms with Gasteiger partial charge in [0.2, 0.25) is 4.96 Å². The molecular formula is C21H15N3O3S. The molecule has 0 bridgehead atoms.